The van der Waals surface area contributed by atoms with E-state index in [1.165, 1.54) is 0 Å². The van der Waals surface area contributed by atoms with Crippen molar-refractivity contribution < 1.29 is 4.79 Å². The molecule has 0 N–H and O–H groups in total. The van der Waals surface area contributed by atoms with Crippen molar-refractivity contribution in [2.75, 3.05) is 0 Å². The quantitative estimate of drug-likeness (QED) is 0.650. The Kier molecular flexibility index (Phi) is 2.00. The van der Waals surface area contributed by atoms with Crippen LogP contribution in [0.1, 0.15) is 25.0 Å². The van der Waals surface area contributed by atoms with Crippen LogP contribution < -0.4 is 0 Å². The lowest BCUT2D eigenvalue weighted by Gasteiger charge is -2.11. The maximum Gasteiger partial charge on any atom is 0.156 e. The first-order chi connectivity index (χ1) is 6.27. The summed E-state index contributed by atoms with van der Waals surface area (Å²) >= 11 is 0. The van der Waals surface area contributed by atoms with Crippen molar-refractivity contribution in [3.05, 3.63) is 24.0 Å². The number of allylic oxidation sites excluding steroid dienone is 2. The topological polar surface area (TPSA) is 34.9 Å². The number of aryl methyl sites for hydroxylation is 1. The highest BCUT2D eigenvalue weighted by Crippen LogP contribution is 2.24. The zero-order chi connectivity index (χ0) is 9.26. The largest absolute Gasteiger partial charge is 0.295 e. The highest BCUT2D eigenvalue weighted by molar-refractivity contribution is 5.97. The minimum Gasteiger partial charge on any atom is -0.295 e. The maximum atomic E-state index is 11.2. The van der Waals surface area contributed by atoms with E-state index in [4.69, 9.17) is 0 Å². The molecule has 1 aliphatic carbocycles. The van der Waals surface area contributed by atoms with Crippen molar-refractivity contribution in [1.82, 2.24) is 9.78 Å². The van der Waals surface area contributed by atoms with Gasteiger partial charge in [0.15, 0.2) is 5.78 Å². The molecule has 0 aromatic carbocycles. The van der Waals surface area contributed by atoms with E-state index in [0.29, 0.717) is 6.42 Å². The van der Waals surface area contributed by atoms with E-state index in [1.54, 1.807) is 12.3 Å². The van der Waals surface area contributed by atoms with Gasteiger partial charge in [0, 0.05) is 19.7 Å². The molecule has 0 amide bonds. The van der Waals surface area contributed by atoms with Crippen LogP contribution in [0.4, 0.5) is 0 Å². The standard InChI is InChI=1S/C10H12N2O/c1-12-10(5-6-11-12)8-3-2-4-9(13)7-8/h5-7H,2-4H2,1H3. The number of carbonyl (C=O) groups excluding carboxylic acids is 1. The smallest absolute Gasteiger partial charge is 0.156 e. The summed E-state index contributed by atoms with van der Waals surface area (Å²) < 4.78 is 1.81. The van der Waals surface area contributed by atoms with E-state index in [9.17, 15) is 4.79 Å². The maximum absolute atomic E-state index is 11.2. The number of hydrogen-bond acceptors (Lipinski definition) is 2. The third kappa shape index (κ3) is 1.54. The Bertz CT molecular complexity index is 363. The van der Waals surface area contributed by atoms with Gasteiger partial charge >= 0.3 is 0 Å². The number of aromatic nitrogens is 2. The second kappa shape index (κ2) is 3.17. The molecule has 1 aromatic heterocycles. The molecule has 3 nitrogen and oxygen atoms in total. The van der Waals surface area contributed by atoms with Gasteiger partial charge in [0.2, 0.25) is 0 Å². The van der Waals surface area contributed by atoms with Crippen LogP contribution in [0.5, 0.6) is 0 Å². The number of ketones is 1. The van der Waals surface area contributed by atoms with Gasteiger partial charge in [-0.05, 0) is 30.6 Å². The molecule has 1 aromatic rings. The molecule has 68 valence electrons. The summed E-state index contributed by atoms with van der Waals surface area (Å²) in [6, 6.07) is 1.95. The minimum absolute atomic E-state index is 0.238. The van der Waals surface area contributed by atoms with Crippen LogP contribution >= 0.6 is 0 Å². The van der Waals surface area contributed by atoms with Crippen LogP contribution in [0.2, 0.25) is 0 Å². The lowest BCUT2D eigenvalue weighted by molar-refractivity contribution is -0.114. The summed E-state index contributed by atoms with van der Waals surface area (Å²) in [7, 11) is 1.90. The molecule has 0 atom stereocenters. The van der Waals surface area contributed by atoms with Crippen molar-refractivity contribution >= 4 is 11.4 Å². The van der Waals surface area contributed by atoms with Gasteiger partial charge in [0.05, 0.1) is 5.69 Å². The van der Waals surface area contributed by atoms with Gasteiger partial charge in [-0.15, -0.1) is 0 Å². The fourth-order valence-corrected chi connectivity index (χ4v) is 1.68. The van der Waals surface area contributed by atoms with Gasteiger partial charge in [-0.2, -0.15) is 5.10 Å². The molecular weight excluding hydrogens is 164 g/mol. The summed E-state index contributed by atoms with van der Waals surface area (Å²) in [5.74, 6) is 0.238. The third-order valence-corrected chi connectivity index (χ3v) is 2.35. The minimum atomic E-state index is 0.238. The molecule has 0 bridgehead atoms. The lowest BCUT2D eigenvalue weighted by Crippen LogP contribution is -2.05. The highest BCUT2D eigenvalue weighted by Gasteiger charge is 2.13. The van der Waals surface area contributed by atoms with Crippen LogP contribution in [-0.2, 0) is 11.8 Å². The molecule has 0 fully saturated rings. The summed E-state index contributed by atoms with van der Waals surface area (Å²) in [6.45, 7) is 0. The molecule has 1 aliphatic rings. The first kappa shape index (κ1) is 8.23. The Morgan fingerprint density at radius 2 is 2.31 bits per heavy atom. The molecule has 13 heavy (non-hydrogen) atoms. The first-order valence-corrected chi connectivity index (χ1v) is 4.49. The van der Waals surface area contributed by atoms with Crippen molar-refractivity contribution in [2.24, 2.45) is 7.05 Å². The Balaban J connectivity index is 2.36. The zero-order valence-electron chi connectivity index (χ0n) is 7.66. The summed E-state index contributed by atoms with van der Waals surface area (Å²) in [5, 5.41) is 4.08. The first-order valence-electron chi connectivity index (χ1n) is 4.49. The zero-order valence-corrected chi connectivity index (χ0v) is 7.66. The van der Waals surface area contributed by atoms with Gasteiger partial charge in [0.25, 0.3) is 0 Å². The summed E-state index contributed by atoms with van der Waals surface area (Å²) in [5.41, 5.74) is 2.18. The second-order valence-electron chi connectivity index (χ2n) is 3.33. The fourth-order valence-electron chi connectivity index (χ4n) is 1.68. The molecule has 1 heterocycles. The van der Waals surface area contributed by atoms with Gasteiger partial charge in [-0.3, -0.25) is 9.48 Å². The normalized spacial score (nSPS) is 17.3. The van der Waals surface area contributed by atoms with Crippen molar-refractivity contribution in [3.8, 4) is 0 Å². The SMILES string of the molecule is Cn1nccc1C1=CC(=O)CCC1. The van der Waals surface area contributed by atoms with Crippen LogP contribution in [0.3, 0.4) is 0 Å². The molecule has 0 aliphatic heterocycles. The lowest BCUT2D eigenvalue weighted by atomic mass is 9.96. The molecule has 0 saturated carbocycles. The second-order valence-corrected chi connectivity index (χ2v) is 3.33. The van der Waals surface area contributed by atoms with Gasteiger partial charge in [-0.25, -0.2) is 0 Å². The predicted octanol–water partition coefficient (Wildman–Crippen LogP) is 1.56. The average Bonchev–Trinajstić information content (AvgIpc) is 2.51. The van der Waals surface area contributed by atoms with E-state index in [-0.39, 0.29) is 5.78 Å². The van der Waals surface area contributed by atoms with Crippen molar-refractivity contribution in [1.29, 1.82) is 0 Å². The molecule has 0 unspecified atom stereocenters. The Morgan fingerprint density at radius 1 is 1.46 bits per heavy atom. The summed E-state index contributed by atoms with van der Waals surface area (Å²) in [6.07, 6.45) is 6.16. The van der Waals surface area contributed by atoms with Gasteiger partial charge in [0.1, 0.15) is 0 Å². The molecule has 0 spiro atoms. The third-order valence-electron chi connectivity index (χ3n) is 2.35. The molecular formula is C10H12N2O. The highest BCUT2D eigenvalue weighted by atomic mass is 16.1. The number of nitrogens with zero attached hydrogens (tertiary/aromatic N) is 2. The number of hydrogen-bond donors (Lipinski definition) is 0. The molecule has 2 rings (SSSR count). The summed E-state index contributed by atoms with van der Waals surface area (Å²) in [4.78, 5) is 11.2. The monoisotopic (exact) mass is 176 g/mol. The Hall–Kier alpha value is -1.38. The average molecular weight is 176 g/mol. The van der Waals surface area contributed by atoms with Crippen LogP contribution in [0, 0.1) is 0 Å². The van der Waals surface area contributed by atoms with Gasteiger partial charge in [-0.1, -0.05) is 0 Å². The Morgan fingerprint density at radius 3 is 2.92 bits per heavy atom. The van der Waals surface area contributed by atoms with E-state index in [1.807, 2.05) is 17.8 Å². The molecule has 3 heteroatoms. The van der Waals surface area contributed by atoms with Gasteiger partial charge < -0.3 is 0 Å². The van der Waals surface area contributed by atoms with Crippen molar-refractivity contribution in [2.45, 2.75) is 19.3 Å². The van der Waals surface area contributed by atoms with Crippen LogP contribution in [-0.4, -0.2) is 15.6 Å². The molecule has 0 radical (unpaired) electrons. The predicted molar refractivity (Wildman–Crippen MR) is 50.0 cm³/mol. The van der Waals surface area contributed by atoms with E-state index >= 15 is 0 Å². The van der Waals surface area contributed by atoms with Crippen molar-refractivity contribution in [3.63, 3.8) is 0 Å². The van der Waals surface area contributed by atoms with Crippen LogP contribution in [0.15, 0.2) is 18.3 Å². The van der Waals surface area contributed by atoms with E-state index in [2.05, 4.69) is 5.10 Å². The number of rotatable bonds is 1. The fraction of sp³-hybridized carbons (Fsp3) is 0.400. The Labute approximate surface area is 77.1 Å². The van der Waals surface area contributed by atoms with E-state index < -0.39 is 0 Å². The molecule has 0 saturated heterocycles. The van der Waals surface area contributed by atoms with E-state index in [0.717, 1.165) is 24.1 Å². The van der Waals surface area contributed by atoms with Crippen LogP contribution in [0.25, 0.3) is 5.57 Å². The number of carbonyl (C=O) groups is 1.